The number of hydrogen-bond donors (Lipinski definition) is 1. The second-order valence-corrected chi connectivity index (χ2v) is 4.78. The van der Waals surface area contributed by atoms with E-state index in [2.05, 4.69) is 10.1 Å². The number of rotatable bonds is 3. The average molecular weight is 287 g/mol. The Hall–Kier alpha value is -2.54. The summed E-state index contributed by atoms with van der Waals surface area (Å²) in [6.45, 7) is 0.227. The Balaban J connectivity index is 2.07. The number of nitrogens with two attached hydrogens (primary N) is 1. The van der Waals surface area contributed by atoms with E-state index in [0.29, 0.717) is 22.2 Å². The van der Waals surface area contributed by atoms with Crippen LogP contribution in [0.1, 0.15) is 11.1 Å². The summed E-state index contributed by atoms with van der Waals surface area (Å²) in [6, 6.07) is 4.99. The van der Waals surface area contributed by atoms with Gasteiger partial charge >= 0.3 is 0 Å². The largest absolute Gasteiger partial charge is 0.326 e. The highest BCUT2D eigenvalue weighted by molar-refractivity contribution is 5.72. The number of fused-ring (bicyclic) bond motifs is 1. The van der Waals surface area contributed by atoms with E-state index in [1.54, 1.807) is 25.2 Å². The zero-order valence-corrected chi connectivity index (χ0v) is 11.5. The minimum atomic E-state index is -0.377. The van der Waals surface area contributed by atoms with E-state index in [9.17, 15) is 9.18 Å². The molecule has 0 radical (unpaired) electrons. The van der Waals surface area contributed by atoms with Gasteiger partial charge in [0.25, 0.3) is 5.56 Å². The molecule has 6 nitrogen and oxygen atoms in total. The van der Waals surface area contributed by atoms with Crippen molar-refractivity contribution in [3.05, 3.63) is 58.0 Å². The molecule has 0 aliphatic heterocycles. The van der Waals surface area contributed by atoms with Crippen molar-refractivity contribution in [3.8, 4) is 0 Å². The molecule has 2 aromatic heterocycles. The molecule has 21 heavy (non-hydrogen) atoms. The van der Waals surface area contributed by atoms with Gasteiger partial charge in [0.1, 0.15) is 17.5 Å². The van der Waals surface area contributed by atoms with Crippen LogP contribution in [0.25, 0.3) is 11.0 Å². The lowest BCUT2D eigenvalue weighted by atomic mass is 10.1. The molecular formula is C14H14FN5O. The summed E-state index contributed by atoms with van der Waals surface area (Å²) in [5.41, 5.74) is 6.58. The third-order valence-electron chi connectivity index (χ3n) is 3.44. The van der Waals surface area contributed by atoms with Crippen molar-refractivity contribution in [2.24, 2.45) is 12.8 Å². The molecule has 0 amide bonds. The highest BCUT2D eigenvalue weighted by Crippen LogP contribution is 2.13. The van der Waals surface area contributed by atoms with Crippen LogP contribution in [0.5, 0.6) is 0 Å². The third kappa shape index (κ3) is 2.21. The molecule has 108 valence electrons. The summed E-state index contributed by atoms with van der Waals surface area (Å²) in [5.74, 6) is -0.377. The highest BCUT2D eigenvalue weighted by Gasteiger charge is 2.11. The summed E-state index contributed by atoms with van der Waals surface area (Å²) < 4.78 is 17.1. The van der Waals surface area contributed by atoms with Gasteiger partial charge in [-0.25, -0.2) is 9.37 Å². The molecule has 0 saturated carbocycles. The first-order valence-corrected chi connectivity index (χ1v) is 6.45. The average Bonchev–Trinajstić information content (AvgIpc) is 2.86. The van der Waals surface area contributed by atoms with Crippen molar-refractivity contribution in [2.75, 3.05) is 0 Å². The Bertz CT molecular complexity index is 867. The number of hydrogen-bond acceptors (Lipinski definition) is 4. The van der Waals surface area contributed by atoms with Gasteiger partial charge in [0, 0.05) is 24.7 Å². The predicted octanol–water partition coefficient (Wildman–Crippen LogP) is 0.776. The molecule has 0 saturated heterocycles. The smallest absolute Gasteiger partial charge is 0.264 e. The molecule has 2 N–H and O–H groups in total. The number of benzene rings is 1. The fourth-order valence-electron chi connectivity index (χ4n) is 2.28. The molecule has 7 heteroatoms. The van der Waals surface area contributed by atoms with Crippen molar-refractivity contribution >= 4 is 11.0 Å². The van der Waals surface area contributed by atoms with E-state index in [1.165, 1.54) is 21.8 Å². The summed E-state index contributed by atoms with van der Waals surface area (Å²) in [4.78, 5) is 16.5. The molecule has 2 heterocycles. The Morgan fingerprint density at radius 2 is 2.10 bits per heavy atom. The van der Waals surface area contributed by atoms with Crippen molar-refractivity contribution in [2.45, 2.75) is 13.1 Å². The van der Waals surface area contributed by atoms with Gasteiger partial charge in [0.15, 0.2) is 5.65 Å². The van der Waals surface area contributed by atoms with Crippen LogP contribution in [0.4, 0.5) is 4.39 Å². The molecule has 0 bridgehead atoms. The van der Waals surface area contributed by atoms with Gasteiger partial charge in [-0.1, -0.05) is 18.2 Å². The monoisotopic (exact) mass is 287 g/mol. The first-order valence-electron chi connectivity index (χ1n) is 6.45. The van der Waals surface area contributed by atoms with E-state index in [1.807, 2.05) is 0 Å². The fraction of sp³-hybridized carbons (Fsp3) is 0.214. The molecule has 0 aliphatic carbocycles. The normalized spacial score (nSPS) is 11.2. The summed E-state index contributed by atoms with van der Waals surface area (Å²) in [7, 11) is 1.71. The maximum Gasteiger partial charge on any atom is 0.264 e. The third-order valence-corrected chi connectivity index (χ3v) is 3.44. The Morgan fingerprint density at radius 1 is 1.33 bits per heavy atom. The number of halogens is 1. The topological polar surface area (TPSA) is 78.7 Å². The molecular weight excluding hydrogens is 273 g/mol. The first-order chi connectivity index (χ1) is 10.1. The Labute approximate surface area is 119 Å². The van der Waals surface area contributed by atoms with Crippen LogP contribution < -0.4 is 11.3 Å². The Kier molecular flexibility index (Phi) is 3.26. The maximum absolute atomic E-state index is 14.2. The molecule has 0 fully saturated rings. The van der Waals surface area contributed by atoms with Crippen LogP contribution in [0.3, 0.4) is 0 Å². The predicted molar refractivity (Wildman–Crippen MR) is 76.2 cm³/mol. The van der Waals surface area contributed by atoms with Crippen molar-refractivity contribution in [1.29, 1.82) is 0 Å². The van der Waals surface area contributed by atoms with Crippen molar-refractivity contribution in [1.82, 2.24) is 19.3 Å². The van der Waals surface area contributed by atoms with Gasteiger partial charge in [-0.15, -0.1) is 0 Å². The second kappa shape index (κ2) is 5.10. The van der Waals surface area contributed by atoms with Gasteiger partial charge in [-0.05, 0) is 0 Å². The van der Waals surface area contributed by atoms with Crippen LogP contribution in [-0.4, -0.2) is 19.3 Å². The van der Waals surface area contributed by atoms with Gasteiger partial charge in [0.05, 0.1) is 12.7 Å². The van der Waals surface area contributed by atoms with Crippen LogP contribution in [0.15, 0.2) is 35.5 Å². The molecule has 0 aliphatic rings. The standard InChI is InChI=1S/C14H14FN5O/c1-19-13-11(6-18-19)14(21)20(8-17-13)7-10-4-2-3-9(5-16)12(10)15/h2-4,6,8H,5,7,16H2,1H3. The lowest BCUT2D eigenvalue weighted by Gasteiger charge is -2.09. The molecule has 1 aromatic carbocycles. The van der Waals surface area contributed by atoms with Crippen LogP contribution in [0, 0.1) is 5.82 Å². The summed E-state index contributed by atoms with van der Waals surface area (Å²) >= 11 is 0. The highest BCUT2D eigenvalue weighted by atomic mass is 19.1. The number of aromatic nitrogens is 4. The zero-order chi connectivity index (χ0) is 15.0. The van der Waals surface area contributed by atoms with Gasteiger partial charge in [-0.3, -0.25) is 14.0 Å². The lowest BCUT2D eigenvalue weighted by molar-refractivity contribution is 0.580. The maximum atomic E-state index is 14.2. The van der Waals surface area contributed by atoms with E-state index >= 15 is 0 Å². The lowest BCUT2D eigenvalue weighted by Crippen LogP contribution is -2.21. The molecule has 3 rings (SSSR count). The van der Waals surface area contributed by atoms with Gasteiger partial charge < -0.3 is 5.73 Å². The van der Waals surface area contributed by atoms with Crippen molar-refractivity contribution in [3.63, 3.8) is 0 Å². The van der Waals surface area contributed by atoms with E-state index in [-0.39, 0.29) is 24.5 Å². The van der Waals surface area contributed by atoms with E-state index < -0.39 is 0 Å². The molecule has 3 aromatic rings. The van der Waals surface area contributed by atoms with E-state index in [4.69, 9.17) is 5.73 Å². The SMILES string of the molecule is Cn1ncc2c(=O)n(Cc3cccc(CN)c3F)cnc21. The molecule has 0 unspecified atom stereocenters. The number of aryl methyl sites for hydroxylation is 1. The van der Waals surface area contributed by atoms with Gasteiger partial charge in [0.2, 0.25) is 0 Å². The zero-order valence-electron chi connectivity index (χ0n) is 11.5. The van der Waals surface area contributed by atoms with E-state index in [0.717, 1.165) is 0 Å². The summed E-state index contributed by atoms with van der Waals surface area (Å²) in [5, 5.41) is 4.41. The Morgan fingerprint density at radius 3 is 2.86 bits per heavy atom. The van der Waals surface area contributed by atoms with Crippen LogP contribution >= 0.6 is 0 Å². The molecule has 0 spiro atoms. The molecule has 0 atom stereocenters. The minimum absolute atomic E-state index is 0.107. The van der Waals surface area contributed by atoms with Crippen LogP contribution in [-0.2, 0) is 20.1 Å². The second-order valence-electron chi connectivity index (χ2n) is 4.78. The van der Waals surface area contributed by atoms with Gasteiger partial charge in [-0.2, -0.15) is 5.10 Å². The number of nitrogens with zero attached hydrogens (tertiary/aromatic N) is 4. The van der Waals surface area contributed by atoms with Crippen molar-refractivity contribution < 1.29 is 4.39 Å². The van der Waals surface area contributed by atoms with Crippen LogP contribution in [0.2, 0.25) is 0 Å². The quantitative estimate of drug-likeness (QED) is 0.772. The minimum Gasteiger partial charge on any atom is -0.326 e. The first kappa shape index (κ1) is 13.4. The fourth-order valence-corrected chi connectivity index (χ4v) is 2.28. The summed E-state index contributed by atoms with van der Waals surface area (Å²) in [6.07, 6.45) is 2.87.